The zero-order valence-corrected chi connectivity index (χ0v) is 22.8. The maximum Gasteiger partial charge on any atom is 0.340 e. The molecule has 0 amide bonds. The number of aryl methyl sites for hydroxylation is 1. The van der Waals surface area contributed by atoms with Crippen molar-refractivity contribution in [2.75, 3.05) is 23.3 Å². The summed E-state index contributed by atoms with van der Waals surface area (Å²) in [6.07, 6.45) is 3.41. The van der Waals surface area contributed by atoms with Crippen LogP contribution in [0.1, 0.15) is 81.9 Å². The van der Waals surface area contributed by atoms with Gasteiger partial charge in [0.1, 0.15) is 11.2 Å². The Morgan fingerprint density at radius 1 is 1.19 bits per heavy atom. The normalized spacial score (nSPS) is 16.5. The van der Waals surface area contributed by atoms with Crippen LogP contribution in [0.5, 0.6) is 0 Å². The first-order valence-corrected chi connectivity index (χ1v) is 12.8. The summed E-state index contributed by atoms with van der Waals surface area (Å²) < 4.78 is 22.2. The number of hydrogen-bond donors (Lipinski definition) is 1. The number of pyridine rings is 1. The number of aromatic nitrogens is 2. The van der Waals surface area contributed by atoms with Crippen LogP contribution in [0.25, 0.3) is 5.65 Å². The van der Waals surface area contributed by atoms with Gasteiger partial charge in [-0.1, -0.05) is 26.0 Å². The Bertz CT molecular complexity index is 1380. The number of rotatable bonds is 5. The molecule has 3 aromatic rings. The van der Waals surface area contributed by atoms with Crippen molar-refractivity contribution in [3.63, 3.8) is 0 Å². The first-order valence-electron chi connectivity index (χ1n) is 12.8. The molecule has 1 N–H and O–H groups in total. The van der Waals surface area contributed by atoms with Crippen molar-refractivity contribution in [2.45, 2.75) is 73.0 Å². The largest absolute Gasteiger partial charge is 0.456 e. The molecule has 0 saturated carbocycles. The minimum absolute atomic E-state index is 0.104. The van der Waals surface area contributed by atoms with E-state index in [1.165, 1.54) is 4.40 Å². The number of anilines is 2. The van der Waals surface area contributed by atoms with Crippen LogP contribution >= 0.6 is 0 Å². The monoisotopic (exact) mass is 508 g/mol. The molecule has 1 unspecified atom stereocenters. The number of nitrogens with zero attached hydrogens (tertiary/aromatic N) is 3. The molecule has 1 aromatic carbocycles. The Morgan fingerprint density at radius 2 is 1.84 bits per heavy atom. The number of halogens is 1. The topological polar surface area (TPSA) is 75.9 Å². The second-order valence-electron chi connectivity index (χ2n) is 11.8. The molecule has 37 heavy (non-hydrogen) atoms. The quantitative estimate of drug-likeness (QED) is 0.433. The van der Waals surface area contributed by atoms with E-state index >= 15 is 4.39 Å². The molecule has 198 valence electrons. The van der Waals surface area contributed by atoms with Gasteiger partial charge < -0.3 is 15.0 Å². The molecular formula is C29H37FN4O3. The molecule has 0 bridgehead atoms. The van der Waals surface area contributed by atoms with Gasteiger partial charge in [-0.25, -0.2) is 9.78 Å². The first-order chi connectivity index (χ1) is 17.3. The van der Waals surface area contributed by atoms with Gasteiger partial charge in [0.05, 0.1) is 11.6 Å². The highest BCUT2D eigenvalue weighted by atomic mass is 19.1. The molecule has 0 aliphatic carbocycles. The average molecular weight is 509 g/mol. The van der Waals surface area contributed by atoms with E-state index in [4.69, 9.17) is 9.72 Å². The van der Waals surface area contributed by atoms with Gasteiger partial charge in [-0.2, -0.15) is 4.39 Å². The predicted octanol–water partition coefficient (Wildman–Crippen LogP) is 5.90. The second-order valence-corrected chi connectivity index (χ2v) is 11.8. The summed E-state index contributed by atoms with van der Waals surface area (Å²) >= 11 is 0. The van der Waals surface area contributed by atoms with E-state index < -0.39 is 22.9 Å². The van der Waals surface area contributed by atoms with Gasteiger partial charge >= 0.3 is 5.97 Å². The molecule has 2 aromatic heterocycles. The zero-order chi connectivity index (χ0) is 27.1. The number of carbonyl (C=O) groups excluding carboxylic acids is 1. The Morgan fingerprint density at radius 3 is 2.49 bits per heavy atom. The summed E-state index contributed by atoms with van der Waals surface area (Å²) in [5.74, 6) is -1.15. The van der Waals surface area contributed by atoms with Crippen molar-refractivity contribution < 1.29 is 13.9 Å². The molecule has 3 heterocycles. The lowest BCUT2D eigenvalue weighted by Crippen LogP contribution is -2.39. The molecule has 0 radical (unpaired) electrons. The van der Waals surface area contributed by atoms with E-state index in [2.05, 4.69) is 19.2 Å². The summed E-state index contributed by atoms with van der Waals surface area (Å²) in [5, 5.41) is 3.39. The van der Waals surface area contributed by atoms with Gasteiger partial charge in [-0.3, -0.25) is 9.20 Å². The molecule has 1 aliphatic heterocycles. The van der Waals surface area contributed by atoms with Crippen LogP contribution in [0.4, 0.5) is 15.9 Å². The molecule has 1 aliphatic rings. The number of fused-ring (bicyclic) bond motifs is 1. The molecule has 0 spiro atoms. The van der Waals surface area contributed by atoms with E-state index in [1.807, 2.05) is 57.7 Å². The number of ether oxygens (including phenoxy) is 1. The molecule has 1 atom stereocenters. The molecule has 7 nitrogen and oxygen atoms in total. The van der Waals surface area contributed by atoms with Gasteiger partial charge in [0.2, 0.25) is 5.82 Å². The summed E-state index contributed by atoms with van der Waals surface area (Å²) in [6, 6.07) is 8.75. The Labute approximate surface area is 217 Å². The minimum Gasteiger partial charge on any atom is -0.456 e. The third-order valence-electron chi connectivity index (χ3n) is 6.82. The summed E-state index contributed by atoms with van der Waals surface area (Å²) in [7, 11) is 0. The first kappa shape index (κ1) is 26.6. The van der Waals surface area contributed by atoms with Crippen LogP contribution in [0, 0.1) is 18.2 Å². The van der Waals surface area contributed by atoms with Gasteiger partial charge in [0.25, 0.3) is 5.56 Å². The van der Waals surface area contributed by atoms with Crippen LogP contribution in [0.3, 0.4) is 0 Å². The van der Waals surface area contributed by atoms with Crippen LogP contribution in [0.2, 0.25) is 0 Å². The third-order valence-corrected chi connectivity index (χ3v) is 6.82. The van der Waals surface area contributed by atoms with E-state index in [0.29, 0.717) is 30.0 Å². The Hall–Kier alpha value is -3.42. The van der Waals surface area contributed by atoms with Gasteiger partial charge in [0, 0.05) is 30.5 Å². The van der Waals surface area contributed by atoms with Crippen molar-refractivity contribution in [1.82, 2.24) is 9.38 Å². The lowest BCUT2D eigenvalue weighted by molar-refractivity contribution is 0.00706. The lowest BCUT2D eigenvalue weighted by atomic mass is 9.83. The van der Waals surface area contributed by atoms with Crippen molar-refractivity contribution in [2.24, 2.45) is 5.41 Å². The highest BCUT2D eigenvalue weighted by Crippen LogP contribution is 2.33. The fraction of sp³-hybridized carbons (Fsp3) is 0.483. The van der Waals surface area contributed by atoms with Crippen molar-refractivity contribution >= 4 is 23.1 Å². The highest BCUT2D eigenvalue weighted by Gasteiger charge is 2.29. The predicted molar refractivity (Wildman–Crippen MR) is 145 cm³/mol. The summed E-state index contributed by atoms with van der Waals surface area (Å²) in [4.78, 5) is 32.5. The maximum absolute atomic E-state index is 15.3. The maximum atomic E-state index is 15.3. The average Bonchev–Trinajstić information content (AvgIpc) is 2.80. The molecular weight excluding hydrogens is 471 g/mol. The number of nitrogens with one attached hydrogen (secondary N) is 1. The van der Waals surface area contributed by atoms with Crippen LogP contribution in [0.15, 0.2) is 41.3 Å². The smallest absolute Gasteiger partial charge is 0.340 e. The number of para-hydroxylation sites is 1. The summed E-state index contributed by atoms with van der Waals surface area (Å²) in [5.41, 5.74) is 1.78. The SMILES string of the molecule is Cc1cc(C(C)Nc2ccccc2C(=O)OC(C)(C)C)c2nc(N3CCC(C)(C)CC3)c(F)c(=O)n2c1. The minimum atomic E-state index is -0.829. The van der Waals surface area contributed by atoms with Crippen molar-refractivity contribution in [3.05, 3.63) is 69.4 Å². The van der Waals surface area contributed by atoms with E-state index in [9.17, 15) is 9.59 Å². The van der Waals surface area contributed by atoms with Crippen molar-refractivity contribution in [3.8, 4) is 0 Å². The Balaban J connectivity index is 1.74. The van der Waals surface area contributed by atoms with E-state index in [-0.39, 0.29) is 17.3 Å². The highest BCUT2D eigenvalue weighted by molar-refractivity contribution is 5.96. The lowest BCUT2D eigenvalue weighted by Gasteiger charge is -2.37. The van der Waals surface area contributed by atoms with Crippen LogP contribution in [-0.2, 0) is 4.74 Å². The summed E-state index contributed by atoms with van der Waals surface area (Å²) in [6.45, 7) is 15.0. The molecule has 1 saturated heterocycles. The van der Waals surface area contributed by atoms with Gasteiger partial charge in [-0.05, 0) is 76.6 Å². The van der Waals surface area contributed by atoms with Crippen LogP contribution < -0.4 is 15.8 Å². The van der Waals surface area contributed by atoms with Gasteiger partial charge in [-0.15, -0.1) is 0 Å². The number of hydrogen-bond acceptors (Lipinski definition) is 6. The zero-order valence-electron chi connectivity index (χ0n) is 22.8. The molecule has 4 rings (SSSR count). The number of esters is 1. The molecule has 8 heteroatoms. The van der Waals surface area contributed by atoms with Gasteiger partial charge in [0.15, 0.2) is 5.82 Å². The fourth-order valence-corrected chi connectivity index (χ4v) is 4.66. The number of carbonyl (C=O) groups is 1. The van der Waals surface area contributed by atoms with E-state index in [1.54, 1.807) is 18.3 Å². The van der Waals surface area contributed by atoms with Crippen molar-refractivity contribution in [1.29, 1.82) is 0 Å². The number of piperidine rings is 1. The second kappa shape index (κ2) is 9.80. The standard InChI is InChI=1S/C29H37FN4O3/c1-18-16-21(19(2)31-22-11-9-8-10-20(22)27(36)37-28(3,4)5)24-32-25(23(30)26(35)34(24)17-18)33-14-12-29(6,7)13-15-33/h8-11,16-17,19,31H,12-15H2,1-7H3. The Kier molecular flexibility index (Phi) is 7.06. The van der Waals surface area contributed by atoms with E-state index in [0.717, 1.165) is 24.0 Å². The van der Waals surface area contributed by atoms with Crippen LogP contribution in [-0.4, -0.2) is 34.0 Å². The number of benzene rings is 1. The fourth-order valence-electron chi connectivity index (χ4n) is 4.66. The molecule has 1 fully saturated rings. The third kappa shape index (κ3) is 5.78.